The largest absolute Gasteiger partial charge is 0.409 e. The highest BCUT2D eigenvalue weighted by Gasteiger charge is 2.48. The number of nitriles is 1. The summed E-state index contributed by atoms with van der Waals surface area (Å²) in [6.07, 6.45) is -1.03. The molecule has 160 valence electrons. The van der Waals surface area contributed by atoms with Crippen LogP contribution >= 0.6 is 0 Å². The molecule has 2 fully saturated rings. The summed E-state index contributed by atoms with van der Waals surface area (Å²) >= 11 is 0. The van der Waals surface area contributed by atoms with Crippen molar-refractivity contribution in [3.63, 3.8) is 0 Å². The van der Waals surface area contributed by atoms with E-state index in [1.807, 2.05) is 6.07 Å². The van der Waals surface area contributed by atoms with Crippen molar-refractivity contribution in [2.75, 3.05) is 11.5 Å². The molecule has 29 heavy (non-hydrogen) atoms. The fraction of sp³-hybridized carbons (Fsp3) is 0.667. The van der Waals surface area contributed by atoms with Crippen LogP contribution in [0.4, 0.5) is 13.2 Å². The van der Waals surface area contributed by atoms with Crippen LogP contribution in [0.5, 0.6) is 0 Å². The molecule has 1 amide bonds. The van der Waals surface area contributed by atoms with Gasteiger partial charge in [-0.2, -0.15) is 18.4 Å². The zero-order valence-electron chi connectivity index (χ0n) is 15.9. The van der Waals surface area contributed by atoms with Crippen LogP contribution in [0.3, 0.4) is 0 Å². The van der Waals surface area contributed by atoms with Crippen LogP contribution in [0.1, 0.15) is 37.4 Å². The van der Waals surface area contributed by atoms with Gasteiger partial charge in [0.05, 0.1) is 17.6 Å². The van der Waals surface area contributed by atoms with Crippen molar-refractivity contribution >= 4 is 15.7 Å². The van der Waals surface area contributed by atoms with Crippen LogP contribution in [-0.4, -0.2) is 48.2 Å². The molecule has 0 saturated heterocycles. The third kappa shape index (κ3) is 5.51. The Bertz CT molecular complexity index is 912. The Hall–Kier alpha value is -2.06. The molecule has 7 nitrogen and oxygen atoms in total. The van der Waals surface area contributed by atoms with Gasteiger partial charge in [0.2, 0.25) is 5.91 Å². The lowest BCUT2D eigenvalue weighted by molar-refractivity contribution is -0.161. The molecule has 1 heterocycles. The first-order valence-corrected chi connectivity index (χ1v) is 11.1. The minimum atomic E-state index is -4.75. The Labute approximate surface area is 167 Å². The van der Waals surface area contributed by atoms with Crippen LogP contribution in [0.2, 0.25) is 0 Å². The molecule has 1 aromatic heterocycles. The number of hydrogen-bond acceptors (Lipinski definition) is 5. The number of aryl methyl sites for hydroxylation is 1. The normalized spacial score (nSPS) is 20.5. The SMILES string of the molecule is Cn1cccc1[C@H](N[C@@H](CS(=O)(=O)CC1CC1)C(=O)NC1(C#N)CC1)C(F)(F)F. The van der Waals surface area contributed by atoms with Gasteiger partial charge in [0.25, 0.3) is 0 Å². The zero-order chi connectivity index (χ0) is 21.4. The molecule has 2 aliphatic rings. The van der Waals surface area contributed by atoms with E-state index in [-0.39, 0.29) is 17.4 Å². The van der Waals surface area contributed by atoms with E-state index < -0.39 is 45.3 Å². The van der Waals surface area contributed by atoms with Crippen LogP contribution in [0.25, 0.3) is 0 Å². The maximum Gasteiger partial charge on any atom is 0.409 e. The first-order valence-electron chi connectivity index (χ1n) is 9.32. The van der Waals surface area contributed by atoms with E-state index in [1.165, 1.54) is 29.9 Å². The van der Waals surface area contributed by atoms with Gasteiger partial charge in [0, 0.05) is 18.9 Å². The molecule has 0 unspecified atom stereocenters. The summed E-state index contributed by atoms with van der Waals surface area (Å²) in [5.41, 5.74) is -1.26. The summed E-state index contributed by atoms with van der Waals surface area (Å²) in [5.74, 6) is -1.81. The van der Waals surface area contributed by atoms with Crippen LogP contribution < -0.4 is 10.6 Å². The number of amides is 1. The number of alkyl halides is 3. The van der Waals surface area contributed by atoms with Gasteiger partial charge in [0.15, 0.2) is 9.84 Å². The Morgan fingerprint density at radius 3 is 2.52 bits per heavy atom. The molecule has 0 aromatic carbocycles. The van der Waals surface area contributed by atoms with Gasteiger partial charge in [-0.1, -0.05) is 0 Å². The van der Waals surface area contributed by atoms with Crippen molar-refractivity contribution in [3.05, 3.63) is 24.0 Å². The first kappa shape index (κ1) is 21.6. The maximum absolute atomic E-state index is 13.7. The average molecular weight is 432 g/mol. The van der Waals surface area contributed by atoms with Crippen LogP contribution in [0, 0.1) is 17.2 Å². The maximum atomic E-state index is 13.7. The Morgan fingerprint density at radius 1 is 1.41 bits per heavy atom. The Kier molecular flexibility index (Phi) is 5.71. The van der Waals surface area contributed by atoms with E-state index >= 15 is 0 Å². The van der Waals surface area contributed by atoms with E-state index in [9.17, 15) is 26.4 Å². The van der Waals surface area contributed by atoms with E-state index in [4.69, 9.17) is 5.26 Å². The summed E-state index contributed by atoms with van der Waals surface area (Å²) in [5, 5.41) is 13.8. The minimum absolute atomic E-state index is 0.00359. The molecule has 3 rings (SSSR count). The highest BCUT2D eigenvalue weighted by atomic mass is 32.2. The Morgan fingerprint density at radius 2 is 2.07 bits per heavy atom. The third-order valence-corrected chi connectivity index (χ3v) is 7.05. The van der Waals surface area contributed by atoms with E-state index in [0.29, 0.717) is 12.8 Å². The van der Waals surface area contributed by atoms with Crippen LogP contribution in [-0.2, 0) is 21.7 Å². The molecule has 0 radical (unpaired) electrons. The van der Waals surface area contributed by atoms with Crippen molar-refractivity contribution in [2.45, 2.75) is 49.5 Å². The summed E-state index contributed by atoms with van der Waals surface area (Å²) in [6, 6.07) is 0.759. The van der Waals surface area contributed by atoms with Gasteiger partial charge in [-0.15, -0.1) is 0 Å². The molecule has 0 spiro atoms. The second kappa shape index (κ2) is 7.65. The van der Waals surface area contributed by atoms with Gasteiger partial charge in [0.1, 0.15) is 17.6 Å². The van der Waals surface area contributed by atoms with Crippen molar-refractivity contribution in [3.8, 4) is 6.07 Å². The molecule has 2 aliphatic carbocycles. The summed E-state index contributed by atoms with van der Waals surface area (Å²) in [6.45, 7) is 0. The van der Waals surface area contributed by atoms with Gasteiger partial charge in [-0.05, 0) is 43.7 Å². The number of hydrogen-bond donors (Lipinski definition) is 2. The number of aromatic nitrogens is 1. The van der Waals surface area contributed by atoms with Gasteiger partial charge < -0.3 is 9.88 Å². The minimum Gasteiger partial charge on any atom is -0.353 e. The fourth-order valence-corrected chi connectivity index (χ4v) is 5.14. The number of nitrogens with one attached hydrogen (secondary N) is 2. The molecule has 2 atom stereocenters. The molecular formula is C18H23F3N4O3S. The second-order valence-electron chi connectivity index (χ2n) is 7.94. The molecule has 2 saturated carbocycles. The van der Waals surface area contributed by atoms with Gasteiger partial charge >= 0.3 is 6.18 Å². The topological polar surface area (TPSA) is 104 Å². The predicted octanol–water partition coefficient (Wildman–Crippen LogP) is 1.58. The van der Waals surface area contributed by atoms with Crippen molar-refractivity contribution in [2.24, 2.45) is 13.0 Å². The summed E-state index contributed by atoms with van der Waals surface area (Å²) < 4.78 is 67.4. The lowest BCUT2D eigenvalue weighted by atomic mass is 10.1. The van der Waals surface area contributed by atoms with Gasteiger partial charge in [-0.3, -0.25) is 10.1 Å². The number of halogens is 3. The van der Waals surface area contributed by atoms with E-state index in [2.05, 4.69) is 10.6 Å². The lowest BCUT2D eigenvalue weighted by Crippen LogP contribution is -2.54. The van der Waals surface area contributed by atoms with Crippen molar-refractivity contribution < 1.29 is 26.4 Å². The lowest BCUT2D eigenvalue weighted by Gasteiger charge is -2.28. The van der Waals surface area contributed by atoms with Gasteiger partial charge in [-0.25, -0.2) is 8.42 Å². The zero-order valence-corrected chi connectivity index (χ0v) is 16.7. The van der Waals surface area contributed by atoms with Crippen molar-refractivity contribution in [1.29, 1.82) is 5.26 Å². The number of carbonyl (C=O) groups is 1. The Balaban J connectivity index is 1.85. The van der Waals surface area contributed by atoms with Crippen LogP contribution in [0.15, 0.2) is 18.3 Å². The molecule has 11 heteroatoms. The quantitative estimate of drug-likeness (QED) is 0.617. The number of rotatable bonds is 9. The standard InChI is InChI=1S/C18H23F3N4O3S/c1-25-8-2-3-14(25)15(18(19,20)21)23-13(10-29(27,28)9-12-4-5-12)16(26)24-17(11-22)6-7-17/h2-3,8,12-13,15,23H,4-7,9-10H2,1H3,(H,24,26)/t13-,15-/m0/s1. The average Bonchev–Trinajstić information content (AvgIpc) is 3.52. The predicted molar refractivity (Wildman–Crippen MR) is 98.2 cm³/mol. The summed E-state index contributed by atoms with van der Waals surface area (Å²) in [4.78, 5) is 12.7. The van der Waals surface area contributed by atoms with E-state index in [1.54, 1.807) is 0 Å². The third-order valence-electron chi connectivity index (χ3n) is 5.23. The molecular weight excluding hydrogens is 409 g/mol. The monoisotopic (exact) mass is 432 g/mol. The molecule has 1 aromatic rings. The highest BCUT2D eigenvalue weighted by molar-refractivity contribution is 7.91. The number of nitrogens with zero attached hydrogens (tertiary/aromatic N) is 2. The number of carbonyl (C=O) groups excluding carboxylic acids is 1. The first-order chi connectivity index (χ1) is 13.4. The molecule has 0 aliphatic heterocycles. The summed E-state index contributed by atoms with van der Waals surface area (Å²) in [7, 11) is -2.32. The van der Waals surface area contributed by atoms with Crippen molar-refractivity contribution in [1.82, 2.24) is 15.2 Å². The fourth-order valence-electron chi connectivity index (χ4n) is 3.20. The second-order valence-corrected chi connectivity index (χ2v) is 10.1. The molecule has 2 N–H and O–H groups in total. The smallest absolute Gasteiger partial charge is 0.353 e. The molecule has 0 bridgehead atoms. The van der Waals surface area contributed by atoms with E-state index in [0.717, 1.165) is 12.8 Å². The number of sulfone groups is 1. The highest BCUT2D eigenvalue weighted by Crippen LogP contribution is 2.36.